The van der Waals surface area contributed by atoms with E-state index in [9.17, 15) is 14.3 Å². The molecule has 5 nitrogen and oxygen atoms in total. The second-order valence-electron chi connectivity index (χ2n) is 5.18. The average molecular weight is 323 g/mol. The molecule has 0 aliphatic rings. The zero-order valence-electron chi connectivity index (χ0n) is 12.4. The number of hydrogen-bond donors (Lipinski definition) is 3. The van der Waals surface area contributed by atoms with Crippen LogP contribution in [0.15, 0.2) is 30.5 Å². The summed E-state index contributed by atoms with van der Waals surface area (Å²) < 4.78 is 12.9. The van der Waals surface area contributed by atoms with Gasteiger partial charge in [-0.3, -0.25) is 0 Å². The Morgan fingerprint density at radius 1 is 1.36 bits per heavy atom. The number of rotatable bonds is 5. The lowest BCUT2D eigenvalue weighted by molar-refractivity contribution is 0.0593. The Balaban J connectivity index is 1.83. The number of benzene rings is 1. The highest BCUT2D eigenvalue weighted by atomic mass is 32.1. The molecule has 0 fully saturated rings. The van der Waals surface area contributed by atoms with Gasteiger partial charge < -0.3 is 15.7 Å². The molecule has 2 aromatic rings. The molecule has 0 bridgehead atoms. The third-order valence-corrected chi connectivity index (χ3v) is 4.04. The summed E-state index contributed by atoms with van der Waals surface area (Å²) in [4.78, 5) is 17.0. The zero-order valence-corrected chi connectivity index (χ0v) is 13.2. The maximum atomic E-state index is 12.9. The first-order chi connectivity index (χ1) is 10.4. The fourth-order valence-corrected chi connectivity index (χ4v) is 2.59. The lowest BCUT2D eigenvalue weighted by Gasteiger charge is -2.24. The molecule has 2 rings (SSSR count). The summed E-state index contributed by atoms with van der Waals surface area (Å²) in [5, 5.41) is 16.4. The molecule has 7 heteroatoms. The zero-order chi connectivity index (χ0) is 16.2. The van der Waals surface area contributed by atoms with Gasteiger partial charge in [-0.1, -0.05) is 12.1 Å². The second-order valence-corrected chi connectivity index (χ2v) is 6.50. The number of nitrogens with one attached hydrogen (secondary N) is 2. The first-order valence-corrected chi connectivity index (χ1v) is 7.60. The predicted octanol–water partition coefficient (Wildman–Crippen LogP) is 2.30. The Kier molecular flexibility index (Phi) is 5.10. The summed E-state index contributed by atoms with van der Waals surface area (Å²) in [5.74, 6) is -0.371. The van der Waals surface area contributed by atoms with E-state index < -0.39 is 11.6 Å². The highest BCUT2D eigenvalue weighted by Gasteiger charge is 2.23. The van der Waals surface area contributed by atoms with Crippen LogP contribution < -0.4 is 10.6 Å². The van der Waals surface area contributed by atoms with Crippen LogP contribution in [0.1, 0.15) is 22.4 Å². The fraction of sp³-hybridized carbons (Fsp3) is 0.333. The van der Waals surface area contributed by atoms with Gasteiger partial charge in [0.2, 0.25) is 0 Å². The fourth-order valence-electron chi connectivity index (χ4n) is 1.86. The quantitative estimate of drug-likeness (QED) is 0.790. The minimum atomic E-state index is -1.27. The molecule has 2 amide bonds. The number of aromatic nitrogens is 1. The van der Waals surface area contributed by atoms with Crippen LogP contribution in [0, 0.1) is 12.7 Å². The molecule has 1 heterocycles. The van der Waals surface area contributed by atoms with Gasteiger partial charge in [-0.05, 0) is 31.5 Å². The van der Waals surface area contributed by atoms with E-state index >= 15 is 0 Å². The first kappa shape index (κ1) is 16.4. The third kappa shape index (κ3) is 4.51. The summed E-state index contributed by atoms with van der Waals surface area (Å²) in [6, 6.07) is 5.14. The van der Waals surface area contributed by atoms with Crippen molar-refractivity contribution in [2.75, 3.05) is 6.54 Å². The molecule has 1 aromatic carbocycles. The molecule has 22 heavy (non-hydrogen) atoms. The number of halogens is 1. The van der Waals surface area contributed by atoms with Crippen LogP contribution >= 0.6 is 11.3 Å². The number of carbonyl (C=O) groups is 1. The maximum absolute atomic E-state index is 12.9. The van der Waals surface area contributed by atoms with Gasteiger partial charge in [0.25, 0.3) is 0 Å². The SMILES string of the molecule is Cc1cnc(CNC(=O)NCC(C)(O)c2ccc(F)cc2)s1. The van der Waals surface area contributed by atoms with Crippen molar-refractivity contribution in [3.63, 3.8) is 0 Å². The lowest BCUT2D eigenvalue weighted by atomic mass is 9.96. The number of carbonyl (C=O) groups excluding carboxylic acids is 1. The van der Waals surface area contributed by atoms with Gasteiger partial charge in [-0.2, -0.15) is 0 Å². The molecule has 0 aliphatic carbocycles. The Hall–Kier alpha value is -1.99. The van der Waals surface area contributed by atoms with Crippen molar-refractivity contribution in [3.05, 3.63) is 51.7 Å². The van der Waals surface area contributed by atoms with E-state index in [1.807, 2.05) is 6.92 Å². The number of nitrogens with zero attached hydrogens (tertiary/aromatic N) is 1. The number of hydrogen-bond acceptors (Lipinski definition) is 4. The molecule has 1 aromatic heterocycles. The van der Waals surface area contributed by atoms with Crippen molar-refractivity contribution < 1.29 is 14.3 Å². The number of urea groups is 1. The normalized spacial score (nSPS) is 13.5. The van der Waals surface area contributed by atoms with Gasteiger partial charge in [-0.25, -0.2) is 14.2 Å². The van der Waals surface area contributed by atoms with Crippen molar-refractivity contribution in [1.82, 2.24) is 15.6 Å². The molecule has 0 aliphatic heterocycles. The van der Waals surface area contributed by atoms with Gasteiger partial charge in [-0.15, -0.1) is 11.3 Å². The molecular formula is C15H18FN3O2S. The largest absolute Gasteiger partial charge is 0.384 e. The van der Waals surface area contributed by atoms with E-state index in [1.165, 1.54) is 35.6 Å². The average Bonchev–Trinajstić information content (AvgIpc) is 2.89. The third-order valence-electron chi connectivity index (χ3n) is 3.13. The Labute approximate surface area is 132 Å². The number of amides is 2. The predicted molar refractivity (Wildman–Crippen MR) is 83.1 cm³/mol. The highest BCUT2D eigenvalue weighted by molar-refractivity contribution is 7.11. The van der Waals surface area contributed by atoms with Gasteiger partial charge in [0.1, 0.15) is 16.4 Å². The molecule has 0 radical (unpaired) electrons. The van der Waals surface area contributed by atoms with Crippen LogP contribution in [0.3, 0.4) is 0 Å². The maximum Gasteiger partial charge on any atom is 0.315 e. The van der Waals surface area contributed by atoms with Crippen LogP contribution in [0.5, 0.6) is 0 Å². The van der Waals surface area contributed by atoms with Crippen molar-refractivity contribution in [2.45, 2.75) is 26.0 Å². The van der Waals surface area contributed by atoms with Crippen LogP contribution in [0.25, 0.3) is 0 Å². The van der Waals surface area contributed by atoms with Crippen molar-refractivity contribution in [1.29, 1.82) is 0 Å². The van der Waals surface area contributed by atoms with Gasteiger partial charge in [0.05, 0.1) is 13.1 Å². The summed E-state index contributed by atoms with van der Waals surface area (Å²) in [6.45, 7) is 3.86. The van der Waals surface area contributed by atoms with Crippen LogP contribution in [-0.2, 0) is 12.1 Å². The van der Waals surface area contributed by atoms with Crippen LogP contribution in [0.2, 0.25) is 0 Å². The van der Waals surface area contributed by atoms with Gasteiger partial charge >= 0.3 is 6.03 Å². The first-order valence-electron chi connectivity index (χ1n) is 6.78. The van der Waals surface area contributed by atoms with Crippen LogP contribution in [-0.4, -0.2) is 22.7 Å². The van der Waals surface area contributed by atoms with E-state index in [2.05, 4.69) is 15.6 Å². The Bertz CT molecular complexity index is 640. The van der Waals surface area contributed by atoms with Crippen molar-refractivity contribution in [3.8, 4) is 0 Å². The lowest BCUT2D eigenvalue weighted by Crippen LogP contribution is -2.43. The van der Waals surface area contributed by atoms with Crippen molar-refractivity contribution >= 4 is 17.4 Å². The Morgan fingerprint density at radius 2 is 2.05 bits per heavy atom. The molecule has 1 atom stereocenters. The summed E-state index contributed by atoms with van der Waals surface area (Å²) in [6.07, 6.45) is 1.75. The van der Waals surface area contributed by atoms with E-state index in [1.54, 1.807) is 13.1 Å². The van der Waals surface area contributed by atoms with Crippen LogP contribution in [0.4, 0.5) is 9.18 Å². The monoisotopic (exact) mass is 323 g/mol. The minimum absolute atomic E-state index is 0.0152. The summed E-state index contributed by atoms with van der Waals surface area (Å²) >= 11 is 1.51. The van der Waals surface area contributed by atoms with Gasteiger partial charge in [0.15, 0.2) is 0 Å². The molecule has 1 unspecified atom stereocenters. The standard InChI is InChI=1S/C15H18FN3O2S/c1-10-7-17-13(22-10)8-18-14(20)19-9-15(2,21)11-3-5-12(16)6-4-11/h3-7,21H,8-9H2,1-2H3,(H2,18,19,20). The number of aliphatic hydroxyl groups is 1. The van der Waals surface area contributed by atoms with E-state index in [0.717, 1.165) is 9.88 Å². The highest BCUT2D eigenvalue weighted by Crippen LogP contribution is 2.19. The summed E-state index contributed by atoms with van der Waals surface area (Å²) in [7, 11) is 0. The minimum Gasteiger partial charge on any atom is -0.384 e. The van der Waals surface area contributed by atoms with E-state index in [0.29, 0.717) is 12.1 Å². The second kappa shape index (κ2) is 6.85. The molecule has 118 valence electrons. The topological polar surface area (TPSA) is 74.2 Å². The summed E-state index contributed by atoms with van der Waals surface area (Å²) in [5.41, 5.74) is -0.743. The van der Waals surface area contributed by atoms with E-state index in [-0.39, 0.29) is 12.4 Å². The molecule has 0 saturated carbocycles. The van der Waals surface area contributed by atoms with Crippen molar-refractivity contribution in [2.24, 2.45) is 0 Å². The number of aryl methyl sites for hydroxylation is 1. The van der Waals surface area contributed by atoms with Gasteiger partial charge in [0, 0.05) is 11.1 Å². The molecule has 0 saturated heterocycles. The molecular weight excluding hydrogens is 305 g/mol. The smallest absolute Gasteiger partial charge is 0.315 e. The molecule has 0 spiro atoms. The van der Waals surface area contributed by atoms with E-state index in [4.69, 9.17) is 0 Å². The Morgan fingerprint density at radius 3 is 2.64 bits per heavy atom. The number of thiazole rings is 1. The molecule has 3 N–H and O–H groups in total.